The molecule has 2 atom stereocenters. The Morgan fingerprint density at radius 3 is 2.86 bits per heavy atom. The normalized spacial score (nSPS) is 22.5. The fourth-order valence-electron chi connectivity index (χ4n) is 3.28. The highest BCUT2D eigenvalue weighted by Gasteiger charge is 2.29. The summed E-state index contributed by atoms with van der Waals surface area (Å²) < 4.78 is 0. The van der Waals surface area contributed by atoms with Crippen LogP contribution in [-0.4, -0.2) is 22.5 Å². The van der Waals surface area contributed by atoms with Crippen LogP contribution in [0.4, 0.5) is 0 Å². The molecule has 0 saturated heterocycles. The molecule has 1 aliphatic carbocycles. The standard InChI is InChI=1S/C17H26N2O2/c1-17(2)7-3-4-13(11-17)10-16(21)19-12-15(20)14-5-8-18-9-6-14/h5-6,8-9,13,15,20H,3-4,7,10-12H2,1-2H3,(H,19,21). The number of aliphatic hydroxyl groups is 1. The molecule has 1 aliphatic rings. The molecule has 1 aromatic rings. The van der Waals surface area contributed by atoms with Crippen LogP contribution in [0.25, 0.3) is 0 Å². The van der Waals surface area contributed by atoms with Gasteiger partial charge in [-0.3, -0.25) is 9.78 Å². The molecule has 21 heavy (non-hydrogen) atoms. The predicted octanol–water partition coefficient (Wildman–Crippen LogP) is 2.84. The number of amides is 1. The molecule has 2 rings (SSSR count). The molecule has 0 spiro atoms. The number of aliphatic hydroxyl groups excluding tert-OH is 1. The number of aromatic nitrogens is 1. The van der Waals surface area contributed by atoms with Crippen LogP contribution in [0.2, 0.25) is 0 Å². The molecular formula is C17H26N2O2. The van der Waals surface area contributed by atoms with E-state index < -0.39 is 6.10 Å². The Balaban J connectivity index is 1.75. The van der Waals surface area contributed by atoms with Crippen LogP contribution in [-0.2, 0) is 4.79 Å². The second-order valence-corrected chi connectivity index (χ2v) is 6.93. The van der Waals surface area contributed by atoms with E-state index in [1.54, 1.807) is 24.5 Å². The number of hydrogen-bond acceptors (Lipinski definition) is 3. The van der Waals surface area contributed by atoms with E-state index in [0.717, 1.165) is 18.4 Å². The van der Waals surface area contributed by atoms with Crippen molar-refractivity contribution < 1.29 is 9.90 Å². The van der Waals surface area contributed by atoms with Crippen molar-refractivity contribution in [3.63, 3.8) is 0 Å². The van der Waals surface area contributed by atoms with Gasteiger partial charge in [-0.25, -0.2) is 0 Å². The van der Waals surface area contributed by atoms with E-state index in [0.29, 0.717) is 17.8 Å². The zero-order valence-corrected chi connectivity index (χ0v) is 13.0. The van der Waals surface area contributed by atoms with Crippen LogP contribution in [0.5, 0.6) is 0 Å². The zero-order chi connectivity index (χ0) is 15.3. The number of carbonyl (C=O) groups excluding carboxylic acids is 1. The molecule has 2 unspecified atom stereocenters. The Kier molecular flexibility index (Phi) is 5.34. The molecule has 1 heterocycles. The second kappa shape index (κ2) is 7.03. The Labute approximate surface area is 127 Å². The van der Waals surface area contributed by atoms with Gasteiger partial charge in [0.25, 0.3) is 0 Å². The van der Waals surface area contributed by atoms with Crippen LogP contribution in [0.3, 0.4) is 0 Å². The minimum Gasteiger partial charge on any atom is -0.387 e. The molecule has 1 fully saturated rings. The van der Waals surface area contributed by atoms with Crippen LogP contribution >= 0.6 is 0 Å². The highest BCUT2D eigenvalue weighted by molar-refractivity contribution is 5.76. The summed E-state index contributed by atoms with van der Waals surface area (Å²) in [5, 5.41) is 12.9. The molecule has 116 valence electrons. The van der Waals surface area contributed by atoms with Gasteiger partial charge in [-0.1, -0.05) is 20.3 Å². The van der Waals surface area contributed by atoms with Crippen molar-refractivity contribution in [2.75, 3.05) is 6.54 Å². The number of nitrogens with one attached hydrogen (secondary N) is 1. The van der Waals surface area contributed by atoms with Gasteiger partial charge in [-0.15, -0.1) is 0 Å². The van der Waals surface area contributed by atoms with Gasteiger partial charge in [0.15, 0.2) is 0 Å². The van der Waals surface area contributed by atoms with Gasteiger partial charge in [-0.05, 0) is 48.3 Å². The topological polar surface area (TPSA) is 62.2 Å². The fourth-order valence-corrected chi connectivity index (χ4v) is 3.28. The first-order valence-corrected chi connectivity index (χ1v) is 7.81. The van der Waals surface area contributed by atoms with E-state index in [1.807, 2.05) is 0 Å². The van der Waals surface area contributed by atoms with Gasteiger partial charge >= 0.3 is 0 Å². The van der Waals surface area contributed by atoms with Crippen LogP contribution < -0.4 is 5.32 Å². The summed E-state index contributed by atoms with van der Waals surface area (Å²) >= 11 is 0. The summed E-state index contributed by atoms with van der Waals surface area (Å²) in [5.74, 6) is 0.526. The van der Waals surface area contributed by atoms with E-state index in [9.17, 15) is 9.90 Å². The first kappa shape index (κ1) is 16.0. The summed E-state index contributed by atoms with van der Waals surface area (Å²) in [6.45, 7) is 4.83. The maximum Gasteiger partial charge on any atom is 0.220 e. The molecule has 4 nitrogen and oxygen atoms in total. The minimum absolute atomic E-state index is 0.0470. The van der Waals surface area contributed by atoms with E-state index >= 15 is 0 Å². The van der Waals surface area contributed by atoms with E-state index in [4.69, 9.17) is 0 Å². The Bertz CT molecular complexity index is 459. The smallest absolute Gasteiger partial charge is 0.220 e. The van der Waals surface area contributed by atoms with Crippen LogP contribution in [0.15, 0.2) is 24.5 Å². The van der Waals surface area contributed by atoms with Crippen LogP contribution in [0, 0.1) is 11.3 Å². The summed E-state index contributed by atoms with van der Waals surface area (Å²) in [6.07, 6.45) is 7.93. The molecule has 1 aromatic heterocycles. The third-order valence-electron chi connectivity index (χ3n) is 4.36. The van der Waals surface area contributed by atoms with Gasteiger partial charge in [0.2, 0.25) is 5.91 Å². The monoisotopic (exact) mass is 290 g/mol. The SMILES string of the molecule is CC1(C)CCCC(CC(=O)NCC(O)c2ccncc2)C1. The van der Waals surface area contributed by atoms with Crippen molar-refractivity contribution in [2.45, 2.75) is 52.1 Å². The second-order valence-electron chi connectivity index (χ2n) is 6.93. The number of carbonyl (C=O) groups is 1. The van der Waals surface area contributed by atoms with Crippen molar-refractivity contribution in [1.82, 2.24) is 10.3 Å². The van der Waals surface area contributed by atoms with E-state index in [1.165, 1.54) is 12.8 Å². The molecular weight excluding hydrogens is 264 g/mol. The molecule has 2 N–H and O–H groups in total. The molecule has 0 aromatic carbocycles. The molecule has 0 aliphatic heterocycles. The maximum absolute atomic E-state index is 12.0. The lowest BCUT2D eigenvalue weighted by Crippen LogP contribution is -2.32. The van der Waals surface area contributed by atoms with Crippen molar-refractivity contribution >= 4 is 5.91 Å². The average molecular weight is 290 g/mol. The minimum atomic E-state index is -0.667. The largest absolute Gasteiger partial charge is 0.387 e. The van der Waals surface area contributed by atoms with E-state index in [2.05, 4.69) is 24.1 Å². The van der Waals surface area contributed by atoms with Gasteiger partial charge in [0, 0.05) is 25.4 Å². The van der Waals surface area contributed by atoms with Crippen molar-refractivity contribution in [2.24, 2.45) is 11.3 Å². The quantitative estimate of drug-likeness (QED) is 0.876. The summed E-state index contributed by atoms with van der Waals surface area (Å²) in [4.78, 5) is 15.9. The summed E-state index contributed by atoms with van der Waals surface area (Å²) in [6, 6.07) is 3.53. The number of rotatable bonds is 5. The first-order valence-electron chi connectivity index (χ1n) is 7.81. The van der Waals surface area contributed by atoms with Crippen LogP contribution in [0.1, 0.15) is 57.6 Å². The van der Waals surface area contributed by atoms with E-state index in [-0.39, 0.29) is 12.5 Å². The van der Waals surface area contributed by atoms with Gasteiger partial charge < -0.3 is 10.4 Å². The number of nitrogens with zero attached hydrogens (tertiary/aromatic N) is 1. The maximum atomic E-state index is 12.0. The van der Waals surface area contributed by atoms with Gasteiger partial charge in [0.05, 0.1) is 6.10 Å². The highest BCUT2D eigenvalue weighted by atomic mass is 16.3. The lowest BCUT2D eigenvalue weighted by Gasteiger charge is -2.35. The third-order valence-corrected chi connectivity index (χ3v) is 4.36. The molecule has 1 amide bonds. The highest BCUT2D eigenvalue weighted by Crippen LogP contribution is 2.39. The van der Waals surface area contributed by atoms with Gasteiger partial charge in [0.1, 0.15) is 0 Å². The van der Waals surface area contributed by atoms with Gasteiger partial charge in [-0.2, -0.15) is 0 Å². The third kappa shape index (κ3) is 5.12. The van der Waals surface area contributed by atoms with Crippen molar-refractivity contribution in [1.29, 1.82) is 0 Å². The molecule has 0 bridgehead atoms. The number of pyridine rings is 1. The van der Waals surface area contributed by atoms with Crippen molar-refractivity contribution in [3.05, 3.63) is 30.1 Å². The average Bonchev–Trinajstić information content (AvgIpc) is 2.44. The Hall–Kier alpha value is -1.42. The molecule has 4 heteroatoms. The fraction of sp³-hybridized carbons (Fsp3) is 0.647. The Morgan fingerprint density at radius 1 is 1.48 bits per heavy atom. The Morgan fingerprint density at radius 2 is 2.19 bits per heavy atom. The van der Waals surface area contributed by atoms with Crippen molar-refractivity contribution in [3.8, 4) is 0 Å². The summed E-state index contributed by atoms with van der Waals surface area (Å²) in [5.41, 5.74) is 1.14. The predicted molar refractivity (Wildman–Crippen MR) is 82.6 cm³/mol. The zero-order valence-electron chi connectivity index (χ0n) is 13.0. The number of hydrogen-bond donors (Lipinski definition) is 2. The lowest BCUT2D eigenvalue weighted by molar-refractivity contribution is -0.123. The molecule has 0 radical (unpaired) electrons. The molecule has 1 saturated carbocycles. The summed E-state index contributed by atoms with van der Waals surface area (Å²) in [7, 11) is 0. The first-order chi connectivity index (χ1) is 9.96. The lowest BCUT2D eigenvalue weighted by atomic mass is 9.71.